The Balaban J connectivity index is 3.19. The van der Waals surface area contributed by atoms with E-state index < -0.39 is 5.97 Å². The number of carboxylic acid groups (broad SMARTS) is 1. The monoisotopic (exact) mass is 213 g/mol. The van der Waals surface area contributed by atoms with Crippen LogP contribution in [-0.2, 0) is 9.59 Å². The molecule has 0 aliphatic heterocycles. The SMILES string of the molecule is C=CCNC(=O)CCCCCCC(=O)O. The number of nitrogens with one attached hydrogen (secondary N) is 1. The first-order valence-electron chi connectivity index (χ1n) is 5.26. The van der Waals surface area contributed by atoms with E-state index in [1.807, 2.05) is 0 Å². The maximum absolute atomic E-state index is 11.1. The van der Waals surface area contributed by atoms with Crippen molar-refractivity contribution in [2.75, 3.05) is 6.54 Å². The predicted molar refractivity (Wildman–Crippen MR) is 58.5 cm³/mol. The van der Waals surface area contributed by atoms with Crippen LogP contribution in [0.2, 0.25) is 0 Å². The standard InChI is InChI=1S/C11H19NO3/c1-2-9-12-10(13)7-5-3-4-6-8-11(14)15/h2H,1,3-9H2,(H,12,13)(H,14,15). The Labute approximate surface area is 90.4 Å². The summed E-state index contributed by atoms with van der Waals surface area (Å²) in [6, 6.07) is 0. The van der Waals surface area contributed by atoms with Crippen LogP contribution >= 0.6 is 0 Å². The summed E-state index contributed by atoms with van der Waals surface area (Å²) in [5, 5.41) is 11.1. The number of rotatable bonds is 9. The van der Waals surface area contributed by atoms with Crippen LogP contribution in [0.25, 0.3) is 0 Å². The van der Waals surface area contributed by atoms with E-state index in [1.54, 1.807) is 6.08 Å². The first-order valence-corrected chi connectivity index (χ1v) is 5.26. The van der Waals surface area contributed by atoms with Gasteiger partial charge in [0.2, 0.25) is 5.91 Å². The molecule has 0 fully saturated rings. The Morgan fingerprint density at radius 3 is 2.27 bits per heavy atom. The zero-order valence-electron chi connectivity index (χ0n) is 9.00. The van der Waals surface area contributed by atoms with Crippen molar-refractivity contribution in [3.05, 3.63) is 12.7 Å². The van der Waals surface area contributed by atoms with Crippen molar-refractivity contribution in [3.63, 3.8) is 0 Å². The molecule has 0 rings (SSSR count). The molecule has 4 heteroatoms. The maximum atomic E-state index is 11.1. The first kappa shape index (κ1) is 13.7. The van der Waals surface area contributed by atoms with Crippen molar-refractivity contribution in [1.29, 1.82) is 0 Å². The number of amides is 1. The fourth-order valence-corrected chi connectivity index (χ4v) is 1.19. The number of hydrogen-bond donors (Lipinski definition) is 2. The minimum absolute atomic E-state index is 0.0353. The van der Waals surface area contributed by atoms with Gasteiger partial charge in [0.05, 0.1) is 0 Å². The predicted octanol–water partition coefficient (Wildman–Crippen LogP) is 1.71. The molecule has 0 aromatic carbocycles. The normalized spacial score (nSPS) is 9.60. The molecule has 15 heavy (non-hydrogen) atoms. The highest BCUT2D eigenvalue weighted by atomic mass is 16.4. The molecule has 86 valence electrons. The van der Waals surface area contributed by atoms with Gasteiger partial charge in [-0.1, -0.05) is 18.9 Å². The number of carbonyl (C=O) groups is 2. The van der Waals surface area contributed by atoms with Crippen LogP contribution in [0.15, 0.2) is 12.7 Å². The summed E-state index contributed by atoms with van der Waals surface area (Å²) in [7, 11) is 0. The van der Waals surface area contributed by atoms with Crippen molar-refractivity contribution < 1.29 is 14.7 Å². The summed E-state index contributed by atoms with van der Waals surface area (Å²) < 4.78 is 0. The Bertz CT molecular complexity index is 214. The Hall–Kier alpha value is -1.32. The van der Waals surface area contributed by atoms with Gasteiger partial charge in [-0.05, 0) is 12.8 Å². The van der Waals surface area contributed by atoms with Gasteiger partial charge < -0.3 is 10.4 Å². The van der Waals surface area contributed by atoms with Gasteiger partial charge in [-0.25, -0.2) is 0 Å². The van der Waals surface area contributed by atoms with Gasteiger partial charge in [0.1, 0.15) is 0 Å². The summed E-state index contributed by atoms with van der Waals surface area (Å²) in [6.45, 7) is 4.01. The molecule has 0 saturated heterocycles. The van der Waals surface area contributed by atoms with E-state index in [9.17, 15) is 9.59 Å². The lowest BCUT2D eigenvalue weighted by molar-refractivity contribution is -0.137. The van der Waals surface area contributed by atoms with Crippen LogP contribution in [0.1, 0.15) is 38.5 Å². The highest BCUT2D eigenvalue weighted by Crippen LogP contribution is 2.05. The van der Waals surface area contributed by atoms with Gasteiger partial charge in [0, 0.05) is 19.4 Å². The molecule has 0 saturated carbocycles. The van der Waals surface area contributed by atoms with Gasteiger partial charge in [-0.2, -0.15) is 0 Å². The third-order valence-electron chi connectivity index (χ3n) is 1.99. The number of unbranched alkanes of at least 4 members (excludes halogenated alkanes) is 3. The maximum Gasteiger partial charge on any atom is 0.303 e. The van der Waals surface area contributed by atoms with Crippen LogP contribution in [0.4, 0.5) is 0 Å². The molecule has 0 radical (unpaired) electrons. The Morgan fingerprint density at radius 2 is 1.73 bits per heavy atom. The van der Waals surface area contributed by atoms with Crippen LogP contribution in [0, 0.1) is 0 Å². The number of hydrogen-bond acceptors (Lipinski definition) is 2. The average molecular weight is 213 g/mol. The van der Waals surface area contributed by atoms with Crippen LogP contribution in [0.5, 0.6) is 0 Å². The zero-order chi connectivity index (χ0) is 11.5. The molecule has 0 heterocycles. The van der Waals surface area contributed by atoms with Crippen LogP contribution < -0.4 is 5.32 Å². The van der Waals surface area contributed by atoms with Gasteiger partial charge in [0.25, 0.3) is 0 Å². The summed E-state index contributed by atoms with van der Waals surface area (Å²) in [5.41, 5.74) is 0. The zero-order valence-corrected chi connectivity index (χ0v) is 9.00. The lowest BCUT2D eigenvalue weighted by Crippen LogP contribution is -2.22. The molecule has 0 bridgehead atoms. The summed E-state index contributed by atoms with van der Waals surface area (Å²) in [5.74, 6) is -0.716. The second kappa shape index (κ2) is 9.24. The largest absolute Gasteiger partial charge is 0.481 e. The molecule has 0 atom stereocenters. The van der Waals surface area contributed by atoms with Gasteiger partial charge >= 0.3 is 5.97 Å². The lowest BCUT2D eigenvalue weighted by atomic mass is 10.1. The van der Waals surface area contributed by atoms with Gasteiger partial charge in [-0.3, -0.25) is 9.59 Å². The molecule has 0 aliphatic carbocycles. The molecular formula is C11H19NO3. The fraction of sp³-hybridized carbons (Fsp3) is 0.636. The molecule has 2 N–H and O–H groups in total. The van der Waals surface area contributed by atoms with E-state index in [-0.39, 0.29) is 12.3 Å². The third-order valence-corrected chi connectivity index (χ3v) is 1.99. The molecule has 0 aliphatic rings. The van der Waals surface area contributed by atoms with E-state index in [2.05, 4.69) is 11.9 Å². The third kappa shape index (κ3) is 10.6. The van der Waals surface area contributed by atoms with E-state index in [0.29, 0.717) is 19.4 Å². The average Bonchev–Trinajstić information content (AvgIpc) is 2.19. The highest BCUT2D eigenvalue weighted by molar-refractivity contribution is 5.75. The first-order chi connectivity index (χ1) is 7.16. The van der Waals surface area contributed by atoms with Crippen molar-refractivity contribution in [3.8, 4) is 0 Å². The summed E-state index contributed by atoms with van der Waals surface area (Å²) >= 11 is 0. The molecule has 0 aromatic rings. The molecule has 0 aromatic heterocycles. The summed E-state index contributed by atoms with van der Waals surface area (Å²) in [4.78, 5) is 21.3. The second-order valence-corrected chi connectivity index (χ2v) is 3.40. The van der Waals surface area contributed by atoms with E-state index in [1.165, 1.54) is 0 Å². The Morgan fingerprint density at radius 1 is 1.13 bits per heavy atom. The minimum Gasteiger partial charge on any atom is -0.481 e. The quantitative estimate of drug-likeness (QED) is 0.452. The van der Waals surface area contributed by atoms with Crippen molar-refractivity contribution in [2.45, 2.75) is 38.5 Å². The Kier molecular flexibility index (Phi) is 8.43. The number of carbonyl (C=O) groups excluding carboxylic acids is 1. The molecular weight excluding hydrogens is 194 g/mol. The fourth-order valence-electron chi connectivity index (χ4n) is 1.19. The molecule has 0 spiro atoms. The van der Waals surface area contributed by atoms with Crippen molar-refractivity contribution >= 4 is 11.9 Å². The van der Waals surface area contributed by atoms with Gasteiger partial charge in [-0.15, -0.1) is 6.58 Å². The van der Waals surface area contributed by atoms with E-state index in [0.717, 1.165) is 19.3 Å². The molecule has 1 amide bonds. The number of aliphatic carboxylic acids is 1. The molecule has 0 unspecified atom stereocenters. The minimum atomic E-state index is -0.751. The van der Waals surface area contributed by atoms with Crippen molar-refractivity contribution in [1.82, 2.24) is 5.32 Å². The van der Waals surface area contributed by atoms with Gasteiger partial charge in [0.15, 0.2) is 0 Å². The van der Waals surface area contributed by atoms with E-state index in [4.69, 9.17) is 5.11 Å². The topological polar surface area (TPSA) is 66.4 Å². The second-order valence-electron chi connectivity index (χ2n) is 3.40. The van der Waals surface area contributed by atoms with E-state index >= 15 is 0 Å². The number of carboxylic acids is 1. The van der Waals surface area contributed by atoms with Crippen LogP contribution in [-0.4, -0.2) is 23.5 Å². The lowest BCUT2D eigenvalue weighted by Gasteiger charge is -2.01. The highest BCUT2D eigenvalue weighted by Gasteiger charge is 2.00. The smallest absolute Gasteiger partial charge is 0.303 e. The summed E-state index contributed by atoms with van der Waals surface area (Å²) in [6.07, 6.45) is 5.69. The van der Waals surface area contributed by atoms with Crippen LogP contribution in [0.3, 0.4) is 0 Å². The van der Waals surface area contributed by atoms with Crippen molar-refractivity contribution in [2.24, 2.45) is 0 Å². The molecule has 4 nitrogen and oxygen atoms in total.